The van der Waals surface area contributed by atoms with Crippen molar-refractivity contribution in [1.82, 2.24) is 0 Å². The summed E-state index contributed by atoms with van der Waals surface area (Å²) in [6.45, 7) is 14.8. The summed E-state index contributed by atoms with van der Waals surface area (Å²) in [5.74, 6) is 0. The van der Waals surface area contributed by atoms with E-state index in [-0.39, 0.29) is 0 Å². The van der Waals surface area contributed by atoms with E-state index < -0.39 is 0 Å². The lowest BCUT2D eigenvalue weighted by Crippen LogP contribution is -2.82. The Morgan fingerprint density at radius 1 is 0.500 bits per heavy atom. The summed E-state index contributed by atoms with van der Waals surface area (Å²) in [4.78, 5) is 0. The summed E-state index contributed by atoms with van der Waals surface area (Å²) in [7, 11) is 0. The zero-order valence-corrected chi connectivity index (χ0v) is 13.2. The van der Waals surface area contributed by atoms with Gasteiger partial charge in [0.1, 0.15) is 0 Å². The van der Waals surface area contributed by atoms with Crippen LogP contribution in [0.3, 0.4) is 0 Å². The summed E-state index contributed by atoms with van der Waals surface area (Å²) in [5, 5.41) is 0. The van der Waals surface area contributed by atoms with E-state index >= 15 is 0 Å². The van der Waals surface area contributed by atoms with E-state index in [4.69, 9.17) is 0 Å². The molecule has 0 nitrogen and oxygen atoms in total. The van der Waals surface area contributed by atoms with Crippen LogP contribution in [-0.2, 0) is 0 Å². The van der Waals surface area contributed by atoms with Crippen molar-refractivity contribution in [2.75, 3.05) is 0 Å². The van der Waals surface area contributed by atoms with Crippen LogP contribution in [0.1, 0.15) is 80.1 Å². The minimum absolute atomic E-state index is 0.556. The van der Waals surface area contributed by atoms with Crippen LogP contribution in [0.15, 0.2) is 0 Å². The molecule has 0 aromatic carbocycles. The molecule has 0 amide bonds. The zero-order chi connectivity index (χ0) is 13.2. The van der Waals surface area contributed by atoms with Crippen molar-refractivity contribution in [3.8, 4) is 0 Å². The maximum Gasteiger partial charge on any atom is -0.0224 e. The van der Waals surface area contributed by atoms with Gasteiger partial charge in [-0.15, -0.1) is 0 Å². The zero-order valence-electron chi connectivity index (χ0n) is 13.2. The molecule has 0 spiro atoms. The lowest BCUT2D eigenvalue weighted by molar-refractivity contribution is -0.417. The number of rotatable bonds is 1. The van der Waals surface area contributed by atoms with Gasteiger partial charge in [0.05, 0.1) is 0 Å². The SMILES string of the molecule is CC(C)(C)C12CC(C34CC(C(C)(C)C)(C3)C4)(C1)C2. The van der Waals surface area contributed by atoms with Crippen LogP contribution in [0.25, 0.3) is 0 Å². The van der Waals surface area contributed by atoms with Crippen molar-refractivity contribution in [1.29, 1.82) is 0 Å². The highest BCUT2D eigenvalue weighted by molar-refractivity contribution is 5.35. The summed E-state index contributed by atoms with van der Waals surface area (Å²) >= 11 is 0. The minimum atomic E-state index is 0.556. The molecule has 6 aliphatic rings. The van der Waals surface area contributed by atoms with E-state index in [0.29, 0.717) is 10.8 Å². The molecule has 0 radical (unpaired) electrons. The van der Waals surface area contributed by atoms with Gasteiger partial charge in [-0.1, -0.05) is 41.5 Å². The molecular formula is C18H30. The number of hydrogen-bond acceptors (Lipinski definition) is 0. The van der Waals surface area contributed by atoms with Crippen LogP contribution >= 0.6 is 0 Å². The smallest absolute Gasteiger partial charge is 0.0224 e. The molecule has 0 aromatic rings. The van der Waals surface area contributed by atoms with Gasteiger partial charge in [-0.25, -0.2) is 0 Å². The molecule has 6 rings (SSSR count). The Morgan fingerprint density at radius 2 is 0.722 bits per heavy atom. The van der Waals surface area contributed by atoms with Crippen LogP contribution in [0.5, 0.6) is 0 Å². The van der Waals surface area contributed by atoms with E-state index in [2.05, 4.69) is 41.5 Å². The molecule has 4 bridgehead atoms. The average Bonchev–Trinajstić information content (AvgIpc) is 1.77. The largest absolute Gasteiger partial charge is 0.0596 e. The molecule has 6 saturated carbocycles. The van der Waals surface area contributed by atoms with E-state index in [1.54, 1.807) is 38.5 Å². The van der Waals surface area contributed by atoms with Gasteiger partial charge in [-0.3, -0.25) is 0 Å². The Hall–Kier alpha value is 0. The lowest BCUT2D eigenvalue weighted by Gasteiger charge is -2.91. The van der Waals surface area contributed by atoms with Crippen LogP contribution in [0, 0.1) is 32.5 Å². The molecule has 18 heavy (non-hydrogen) atoms. The molecule has 6 fully saturated rings. The first kappa shape index (κ1) is 11.8. The highest BCUT2D eigenvalue weighted by atomic mass is 14.9. The van der Waals surface area contributed by atoms with Crippen molar-refractivity contribution in [3.63, 3.8) is 0 Å². The average molecular weight is 246 g/mol. The van der Waals surface area contributed by atoms with E-state index in [1.165, 1.54) is 0 Å². The second-order valence-electron chi connectivity index (χ2n) is 10.7. The molecule has 0 aliphatic heterocycles. The predicted molar refractivity (Wildman–Crippen MR) is 76.3 cm³/mol. The molecule has 0 heterocycles. The van der Waals surface area contributed by atoms with Gasteiger partial charge >= 0.3 is 0 Å². The van der Waals surface area contributed by atoms with Crippen molar-refractivity contribution in [2.45, 2.75) is 80.1 Å². The molecule has 0 unspecified atom stereocenters. The Balaban J connectivity index is 1.47. The summed E-state index contributed by atoms with van der Waals surface area (Å²) < 4.78 is 0. The summed E-state index contributed by atoms with van der Waals surface area (Å²) in [6.07, 6.45) is 9.44. The second-order valence-corrected chi connectivity index (χ2v) is 10.7. The van der Waals surface area contributed by atoms with Gasteiger partial charge in [-0.05, 0) is 71.0 Å². The first-order valence-corrected chi connectivity index (χ1v) is 7.99. The van der Waals surface area contributed by atoms with Gasteiger partial charge in [0, 0.05) is 0 Å². The maximum absolute atomic E-state index is 2.47. The van der Waals surface area contributed by atoms with Gasteiger partial charge in [0.25, 0.3) is 0 Å². The summed E-state index contributed by atoms with van der Waals surface area (Å²) in [5.41, 5.74) is 4.26. The Bertz CT molecular complexity index is 344. The van der Waals surface area contributed by atoms with Gasteiger partial charge in [0.2, 0.25) is 0 Å². The Labute approximate surface area is 113 Å². The van der Waals surface area contributed by atoms with Gasteiger partial charge in [-0.2, -0.15) is 0 Å². The van der Waals surface area contributed by atoms with Crippen LogP contribution in [0.4, 0.5) is 0 Å². The van der Waals surface area contributed by atoms with E-state index in [9.17, 15) is 0 Å². The fourth-order valence-electron chi connectivity index (χ4n) is 6.29. The Morgan fingerprint density at radius 3 is 0.889 bits per heavy atom. The number of hydrogen-bond donors (Lipinski definition) is 0. The molecule has 0 saturated heterocycles. The first-order valence-electron chi connectivity index (χ1n) is 7.99. The van der Waals surface area contributed by atoms with Gasteiger partial charge in [0.15, 0.2) is 0 Å². The van der Waals surface area contributed by atoms with Gasteiger partial charge < -0.3 is 0 Å². The third-order valence-corrected chi connectivity index (χ3v) is 8.37. The van der Waals surface area contributed by atoms with Crippen molar-refractivity contribution < 1.29 is 0 Å². The lowest BCUT2D eigenvalue weighted by atomic mass is 9.13. The van der Waals surface area contributed by atoms with Crippen LogP contribution in [0.2, 0.25) is 0 Å². The van der Waals surface area contributed by atoms with Crippen LogP contribution < -0.4 is 0 Å². The topological polar surface area (TPSA) is 0 Å². The molecule has 0 heteroatoms. The first-order chi connectivity index (χ1) is 7.99. The fourth-order valence-corrected chi connectivity index (χ4v) is 6.29. The van der Waals surface area contributed by atoms with E-state index in [0.717, 1.165) is 21.7 Å². The monoisotopic (exact) mass is 246 g/mol. The molecule has 0 atom stereocenters. The van der Waals surface area contributed by atoms with Crippen molar-refractivity contribution >= 4 is 0 Å². The second kappa shape index (κ2) is 2.47. The standard InChI is InChI=1S/C18H30/c1-13(2,3)15-7-17(8-15,9-15)18-10-16(11-18,12-18)14(4,5)6/h7-12H2,1-6H3. The highest BCUT2D eigenvalue weighted by Crippen LogP contribution is 2.95. The fraction of sp³-hybridized carbons (Fsp3) is 1.00. The maximum atomic E-state index is 2.47. The quantitative estimate of drug-likeness (QED) is 0.579. The van der Waals surface area contributed by atoms with Crippen molar-refractivity contribution in [3.05, 3.63) is 0 Å². The predicted octanol–water partition coefficient (Wildman–Crippen LogP) is 5.42. The highest BCUT2D eigenvalue weighted by Gasteiger charge is 2.86. The third kappa shape index (κ3) is 0.907. The minimum Gasteiger partial charge on any atom is -0.0596 e. The molecular weight excluding hydrogens is 216 g/mol. The molecule has 102 valence electrons. The molecule has 6 aliphatic carbocycles. The van der Waals surface area contributed by atoms with Crippen molar-refractivity contribution in [2.24, 2.45) is 32.5 Å². The normalized spacial score (nSPS) is 57.0. The van der Waals surface area contributed by atoms with Crippen LogP contribution in [-0.4, -0.2) is 0 Å². The third-order valence-electron chi connectivity index (χ3n) is 8.37. The van der Waals surface area contributed by atoms with E-state index in [1.807, 2.05) is 0 Å². The summed E-state index contributed by atoms with van der Waals surface area (Å²) in [6, 6.07) is 0. The molecule has 0 aromatic heterocycles. The molecule has 0 N–H and O–H groups in total. The Kier molecular flexibility index (Phi) is 1.62.